The first-order valence-corrected chi connectivity index (χ1v) is 20.1. The molecular weight excluding hydrogens is 676 g/mol. The van der Waals surface area contributed by atoms with Gasteiger partial charge in [0.15, 0.2) is 7.14 Å². The van der Waals surface area contributed by atoms with Gasteiger partial charge >= 0.3 is 0 Å². The van der Waals surface area contributed by atoms with Gasteiger partial charge < -0.3 is 4.57 Å². The fourth-order valence-electron chi connectivity index (χ4n) is 8.97. The van der Waals surface area contributed by atoms with Gasteiger partial charge in [-0.3, -0.25) is 4.57 Å². The Kier molecular flexibility index (Phi) is 6.74. The molecule has 0 saturated heterocycles. The summed E-state index contributed by atoms with van der Waals surface area (Å²) in [6.07, 6.45) is 0. The van der Waals surface area contributed by atoms with Crippen LogP contribution in [0.2, 0.25) is 0 Å². The Morgan fingerprint density at radius 3 is 1.93 bits per heavy atom. The fraction of sp³-hybridized carbons (Fsp3) is 0.0200. The maximum absolute atomic E-state index is 15.9. The van der Waals surface area contributed by atoms with Gasteiger partial charge in [0, 0.05) is 15.9 Å². The Labute approximate surface area is 313 Å². The molecule has 0 radical (unpaired) electrons. The minimum Gasteiger partial charge on any atom is -0.308 e. The number of nitrogens with zero attached hydrogens (tertiary/aromatic N) is 2. The summed E-state index contributed by atoms with van der Waals surface area (Å²) in [5.74, 6) is 0.886. The second-order valence-electron chi connectivity index (χ2n) is 14.2. The highest BCUT2D eigenvalue weighted by molar-refractivity contribution is 7.86. The molecule has 0 spiro atoms. The van der Waals surface area contributed by atoms with Crippen molar-refractivity contribution in [3.05, 3.63) is 188 Å². The van der Waals surface area contributed by atoms with E-state index in [9.17, 15) is 0 Å². The van der Waals surface area contributed by atoms with Crippen LogP contribution in [0.1, 0.15) is 5.82 Å². The summed E-state index contributed by atoms with van der Waals surface area (Å²) < 4.78 is 18.1. The Bertz CT molecular complexity index is 3190. The third-order valence-corrected chi connectivity index (χ3v) is 14.4. The van der Waals surface area contributed by atoms with Crippen molar-refractivity contribution in [1.82, 2.24) is 9.55 Å². The Morgan fingerprint density at radius 2 is 1.11 bits per heavy atom. The van der Waals surface area contributed by atoms with Gasteiger partial charge in [0.25, 0.3) is 0 Å². The molecule has 4 heteroatoms. The van der Waals surface area contributed by atoms with Crippen LogP contribution in [-0.2, 0) is 4.57 Å². The molecule has 0 N–H and O–H groups in total. The summed E-state index contributed by atoms with van der Waals surface area (Å²) in [6, 6.07) is 64.3. The maximum atomic E-state index is 15.9. The van der Waals surface area contributed by atoms with Crippen LogP contribution in [0.25, 0.3) is 82.4 Å². The van der Waals surface area contributed by atoms with Crippen LogP contribution in [0.5, 0.6) is 0 Å². The minimum absolute atomic E-state index is 0.830. The van der Waals surface area contributed by atoms with Gasteiger partial charge in [0.05, 0.1) is 16.7 Å². The largest absolute Gasteiger partial charge is 0.308 e. The van der Waals surface area contributed by atoms with Gasteiger partial charge in [-0.15, -0.1) is 0 Å². The van der Waals surface area contributed by atoms with E-state index in [1.165, 1.54) is 54.6 Å². The summed E-state index contributed by atoms with van der Waals surface area (Å²) in [4.78, 5) is 4.92. The van der Waals surface area contributed by atoms with E-state index in [-0.39, 0.29) is 0 Å². The summed E-state index contributed by atoms with van der Waals surface area (Å²) >= 11 is 0. The first-order valence-electron chi connectivity index (χ1n) is 18.4. The number of aryl methyl sites for hydroxylation is 1. The normalized spacial score (nSPS) is 14.9. The number of hydrogen-bond acceptors (Lipinski definition) is 2. The van der Waals surface area contributed by atoms with Gasteiger partial charge in [0.2, 0.25) is 0 Å². The molecule has 0 fully saturated rings. The van der Waals surface area contributed by atoms with Crippen molar-refractivity contribution in [3.63, 3.8) is 0 Å². The molecule has 1 atom stereocenters. The number of para-hydroxylation sites is 1. The molecular formula is C50H33N2OP. The summed E-state index contributed by atoms with van der Waals surface area (Å²) in [6.45, 7) is 2.03. The smallest absolute Gasteiger partial charge is 0.175 e. The minimum atomic E-state index is -3.27. The average Bonchev–Trinajstić information content (AvgIpc) is 3.58. The molecule has 0 amide bonds. The van der Waals surface area contributed by atoms with Crippen molar-refractivity contribution in [2.24, 2.45) is 0 Å². The second-order valence-corrected chi connectivity index (χ2v) is 16.9. The topological polar surface area (TPSA) is 34.9 Å². The van der Waals surface area contributed by atoms with Gasteiger partial charge in [-0.05, 0) is 103 Å². The highest BCUT2D eigenvalue weighted by Gasteiger charge is 2.39. The molecule has 3 nitrogen and oxygen atoms in total. The lowest BCUT2D eigenvalue weighted by Gasteiger charge is -2.29. The van der Waals surface area contributed by atoms with Gasteiger partial charge in [0.1, 0.15) is 5.82 Å². The number of aromatic nitrogens is 2. The average molecular weight is 709 g/mol. The molecule has 54 heavy (non-hydrogen) atoms. The van der Waals surface area contributed by atoms with E-state index in [0.717, 1.165) is 49.6 Å². The van der Waals surface area contributed by atoms with Crippen molar-refractivity contribution in [2.45, 2.75) is 6.92 Å². The standard InChI is InChI=1S/C50H33N2OP/c1-32-51-44-24-13-25-46-50(44)52(32)45-29-27-36(31-47(45)54(46,53)37-18-6-3-7-19-37)35-26-28-42-43(30-35)49(39-23-12-17-33-14-8-9-20-38(33)39)41-22-11-10-21-40(41)48(42)34-15-4-2-5-16-34/h2-31H,1H3. The molecule has 1 unspecified atom stereocenters. The molecule has 9 aromatic carbocycles. The Balaban J connectivity index is 1.23. The van der Waals surface area contributed by atoms with E-state index in [1.54, 1.807) is 0 Å². The van der Waals surface area contributed by atoms with Crippen molar-refractivity contribution in [3.8, 4) is 39.1 Å². The van der Waals surface area contributed by atoms with E-state index in [2.05, 4.69) is 138 Å². The highest BCUT2D eigenvalue weighted by Crippen LogP contribution is 2.51. The third-order valence-electron chi connectivity index (χ3n) is 11.3. The van der Waals surface area contributed by atoms with E-state index >= 15 is 4.57 Å². The quantitative estimate of drug-likeness (QED) is 0.135. The molecule has 254 valence electrons. The van der Waals surface area contributed by atoms with Gasteiger partial charge in [-0.25, -0.2) is 4.98 Å². The van der Waals surface area contributed by atoms with E-state index in [0.29, 0.717) is 0 Å². The van der Waals surface area contributed by atoms with Crippen LogP contribution in [0.3, 0.4) is 0 Å². The van der Waals surface area contributed by atoms with Crippen molar-refractivity contribution < 1.29 is 4.57 Å². The van der Waals surface area contributed by atoms with Crippen LogP contribution in [0, 0.1) is 6.92 Å². The molecule has 0 bridgehead atoms. The lowest BCUT2D eigenvalue weighted by atomic mass is 9.84. The van der Waals surface area contributed by atoms with E-state index in [1.807, 2.05) is 55.5 Å². The zero-order chi connectivity index (χ0) is 36.0. The summed E-state index contributed by atoms with van der Waals surface area (Å²) in [7, 11) is -3.27. The van der Waals surface area contributed by atoms with E-state index in [4.69, 9.17) is 4.98 Å². The first-order chi connectivity index (χ1) is 26.6. The lowest BCUT2D eigenvalue weighted by Crippen LogP contribution is -2.33. The van der Waals surface area contributed by atoms with Crippen LogP contribution in [0.4, 0.5) is 0 Å². The summed E-state index contributed by atoms with van der Waals surface area (Å²) in [5, 5.41) is 9.77. The lowest BCUT2D eigenvalue weighted by molar-refractivity contribution is 0.592. The zero-order valence-electron chi connectivity index (χ0n) is 29.6. The molecule has 11 rings (SSSR count). The molecule has 10 aromatic rings. The van der Waals surface area contributed by atoms with Crippen LogP contribution in [-0.4, -0.2) is 9.55 Å². The molecule has 1 aromatic heterocycles. The number of fused-ring (bicyclic) bond motifs is 5. The van der Waals surface area contributed by atoms with Crippen molar-refractivity contribution in [1.29, 1.82) is 0 Å². The molecule has 0 saturated carbocycles. The number of imidazole rings is 1. The number of rotatable bonds is 4. The first kappa shape index (κ1) is 31.0. The van der Waals surface area contributed by atoms with Gasteiger partial charge in [-0.2, -0.15) is 0 Å². The Hall–Kier alpha value is -6.54. The predicted molar refractivity (Wildman–Crippen MR) is 228 cm³/mol. The zero-order valence-corrected chi connectivity index (χ0v) is 30.5. The third kappa shape index (κ3) is 4.37. The molecule has 1 aliphatic heterocycles. The monoisotopic (exact) mass is 708 g/mol. The van der Waals surface area contributed by atoms with Gasteiger partial charge in [-0.1, -0.05) is 152 Å². The second kappa shape index (κ2) is 11.7. The molecule has 2 heterocycles. The van der Waals surface area contributed by atoms with Crippen LogP contribution >= 0.6 is 7.14 Å². The molecule has 1 aliphatic rings. The highest BCUT2D eigenvalue weighted by atomic mass is 31.2. The van der Waals surface area contributed by atoms with Crippen molar-refractivity contribution >= 4 is 66.4 Å². The number of benzene rings is 9. The molecule has 0 aliphatic carbocycles. The fourth-order valence-corrected chi connectivity index (χ4v) is 12.0. The SMILES string of the molecule is Cc1nc2cccc3c2n1-c1ccc(-c2ccc4c(-c5ccccc5)c5ccccc5c(-c5cccc6ccccc56)c4c2)cc1P3(=O)c1ccccc1. The van der Waals surface area contributed by atoms with Crippen molar-refractivity contribution in [2.75, 3.05) is 0 Å². The van der Waals surface area contributed by atoms with Crippen LogP contribution in [0.15, 0.2) is 182 Å². The maximum Gasteiger partial charge on any atom is 0.175 e. The predicted octanol–water partition coefficient (Wildman–Crippen LogP) is 11.7. The Morgan fingerprint density at radius 1 is 0.481 bits per heavy atom. The van der Waals surface area contributed by atoms with Crippen LogP contribution < -0.4 is 15.9 Å². The number of hydrogen-bond donors (Lipinski definition) is 0. The van der Waals surface area contributed by atoms with E-state index < -0.39 is 7.14 Å². The summed E-state index contributed by atoms with van der Waals surface area (Å²) in [5.41, 5.74) is 9.69.